The molecule has 0 saturated heterocycles. The van der Waals surface area contributed by atoms with Crippen molar-refractivity contribution in [2.24, 2.45) is 0 Å². The van der Waals surface area contributed by atoms with Gasteiger partial charge in [-0.1, -0.05) is 90.7 Å². The van der Waals surface area contributed by atoms with E-state index in [1.165, 1.54) is 0 Å². The van der Waals surface area contributed by atoms with E-state index >= 15 is 0 Å². The molecule has 1 aliphatic carbocycles. The van der Waals surface area contributed by atoms with E-state index in [-0.39, 0.29) is 22.8 Å². The smallest absolute Gasteiger partial charge is 0.872 e. The van der Waals surface area contributed by atoms with Crippen LogP contribution >= 0.6 is 0 Å². The summed E-state index contributed by atoms with van der Waals surface area (Å²) in [7, 11) is 0. The molecular formula is C25H22FeO2. The first-order valence-electron chi connectivity index (χ1n) is 8.90. The Morgan fingerprint density at radius 3 is 1.96 bits per heavy atom. The number of rotatable bonds is 3. The maximum Gasteiger partial charge on any atom is 2.00 e. The summed E-state index contributed by atoms with van der Waals surface area (Å²) in [4.78, 5) is 0. The Balaban J connectivity index is 0.000000194. The van der Waals surface area contributed by atoms with Crippen LogP contribution < -0.4 is 5.11 Å². The third kappa shape index (κ3) is 5.17. The molecule has 0 bridgehead atoms. The van der Waals surface area contributed by atoms with Crippen LogP contribution in [0.5, 0.6) is 0 Å². The number of allylic oxidation sites excluding steroid dienone is 5. The summed E-state index contributed by atoms with van der Waals surface area (Å²) in [6.45, 7) is 1.82. The molecule has 0 aliphatic heterocycles. The van der Waals surface area contributed by atoms with Gasteiger partial charge < -0.3 is 10.2 Å². The van der Waals surface area contributed by atoms with Crippen LogP contribution in [-0.2, 0) is 22.7 Å². The molecule has 1 unspecified atom stereocenters. The maximum atomic E-state index is 11.7. The van der Waals surface area contributed by atoms with E-state index in [0.717, 1.165) is 22.3 Å². The Hall–Kier alpha value is -2.71. The summed E-state index contributed by atoms with van der Waals surface area (Å²) in [5.74, 6) is 0.0885. The third-order valence-corrected chi connectivity index (χ3v) is 4.52. The minimum atomic E-state index is -0.884. The average Bonchev–Trinajstić information content (AvgIpc) is 3.43. The second kappa shape index (κ2) is 10.0. The minimum Gasteiger partial charge on any atom is -0.872 e. The zero-order chi connectivity index (χ0) is 19.1. The van der Waals surface area contributed by atoms with Crippen LogP contribution in [0.25, 0.3) is 5.76 Å². The maximum absolute atomic E-state index is 11.7. The van der Waals surface area contributed by atoms with Crippen molar-refractivity contribution >= 4 is 5.76 Å². The molecule has 4 rings (SSSR count). The van der Waals surface area contributed by atoms with Gasteiger partial charge in [0.1, 0.15) is 0 Å². The van der Waals surface area contributed by atoms with Gasteiger partial charge in [-0.25, -0.2) is 12.1 Å². The van der Waals surface area contributed by atoms with Crippen molar-refractivity contribution in [3.63, 3.8) is 0 Å². The summed E-state index contributed by atoms with van der Waals surface area (Å²) in [6, 6.07) is 26.8. The number of hydrogen-bond acceptors (Lipinski definition) is 2. The first-order valence-corrected chi connectivity index (χ1v) is 8.90. The fraction of sp³-hybridized carbons (Fsp3) is 0.0800. The standard InChI is InChI=1S/C13H13O.C12H10O.Fe/c1-13(14,12-9-5-6-10-12)11-7-3-2-4-8-11;13-12(11-8-4-5-9-11)10-6-2-1-3-7-10;/h2-10,14H,1H3;1-9,13H;/q-1;;+2/p-1. The first kappa shape index (κ1) is 21.6. The molecule has 0 fully saturated rings. The van der Waals surface area contributed by atoms with Crippen LogP contribution in [0.15, 0.2) is 115 Å². The van der Waals surface area contributed by atoms with E-state index in [9.17, 15) is 10.2 Å². The molecule has 1 N–H and O–H groups in total. The second-order valence-corrected chi connectivity index (χ2v) is 6.48. The zero-order valence-electron chi connectivity index (χ0n) is 15.6. The van der Waals surface area contributed by atoms with Crippen LogP contribution in [0.2, 0.25) is 0 Å². The van der Waals surface area contributed by atoms with Gasteiger partial charge in [0.25, 0.3) is 0 Å². The number of benzene rings is 2. The Bertz CT molecular complexity index is 921. The van der Waals surface area contributed by atoms with Gasteiger partial charge in [0, 0.05) is 0 Å². The molecule has 0 aromatic heterocycles. The SMILES string of the molecule is CC(O)(c1ccccc1)c1ccc[cH-]1.[Fe+2].[O-]C(=C1C=CC=C1)c1ccccc1. The first-order chi connectivity index (χ1) is 13.1. The van der Waals surface area contributed by atoms with Gasteiger partial charge in [-0.15, -0.1) is 5.56 Å². The van der Waals surface area contributed by atoms with Crippen molar-refractivity contribution in [1.29, 1.82) is 0 Å². The summed E-state index contributed by atoms with van der Waals surface area (Å²) in [5.41, 5.74) is 2.47. The molecule has 3 aromatic carbocycles. The van der Waals surface area contributed by atoms with Gasteiger partial charge in [-0.05, 0) is 23.6 Å². The molecular weight excluding hydrogens is 388 g/mol. The Morgan fingerprint density at radius 2 is 1.43 bits per heavy atom. The van der Waals surface area contributed by atoms with Crippen molar-refractivity contribution in [3.8, 4) is 0 Å². The summed E-state index contributed by atoms with van der Waals surface area (Å²) in [6.07, 6.45) is 7.40. The van der Waals surface area contributed by atoms with E-state index in [1.807, 2.05) is 116 Å². The summed E-state index contributed by atoms with van der Waals surface area (Å²) in [5, 5.41) is 22.1. The predicted octanol–water partition coefficient (Wildman–Crippen LogP) is 4.54. The quantitative estimate of drug-likeness (QED) is 0.391. The van der Waals surface area contributed by atoms with Crippen molar-refractivity contribution in [2.75, 3.05) is 0 Å². The molecule has 142 valence electrons. The molecule has 0 radical (unpaired) electrons. The molecule has 0 spiro atoms. The third-order valence-electron chi connectivity index (χ3n) is 4.52. The monoisotopic (exact) mass is 410 g/mol. The second-order valence-electron chi connectivity index (χ2n) is 6.48. The molecule has 0 heterocycles. The summed E-state index contributed by atoms with van der Waals surface area (Å²) < 4.78 is 0. The number of aliphatic hydroxyl groups is 1. The Morgan fingerprint density at radius 1 is 0.857 bits per heavy atom. The van der Waals surface area contributed by atoms with Crippen molar-refractivity contribution in [2.45, 2.75) is 12.5 Å². The largest absolute Gasteiger partial charge is 2.00 e. The fourth-order valence-electron chi connectivity index (χ4n) is 2.91. The van der Waals surface area contributed by atoms with Crippen LogP contribution in [0.1, 0.15) is 23.6 Å². The fourth-order valence-corrected chi connectivity index (χ4v) is 2.91. The normalized spacial score (nSPS) is 13.9. The van der Waals surface area contributed by atoms with Crippen LogP contribution in [-0.4, -0.2) is 5.11 Å². The predicted molar refractivity (Wildman–Crippen MR) is 109 cm³/mol. The molecule has 1 atom stereocenters. The van der Waals surface area contributed by atoms with Gasteiger partial charge in [0.2, 0.25) is 0 Å². The van der Waals surface area contributed by atoms with Crippen molar-refractivity contribution < 1.29 is 27.3 Å². The van der Waals surface area contributed by atoms with Gasteiger partial charge >= 0.3 is 17.1 Å². The van der Waals surface area contributed by atoms with Gasteiger partial charge in [-0.3, -0.25) is 0 Å². The molecule has 3 heteroatoms. The van der Waals surface area contributed by atoms with Crippen molar-refractivity contribution in [3.05, 3.63) is 131 Å². The molecule has 0 saturated carbocycles. The molecule has 2 nitrogen and oxygen atoms in total. The molecule has 28 heavy (non-hydrogen) atoms. The van der Waals surface area contributed by atoms with Gasteiger partial charge in [0.15, 0.2) is 0 Å². The van der Waals surface area contributed by atoms with E-state index in [0.29, 0.717) is 0 Å². The van der Waals surface area contributed by atoms with E-state index in [4.69, 9.17) is 0 Å². The topological polar surface area (TPSA) is 43.3 Å². The van der Waals surface area contributed by atoms with Crippen LogP contribution in [0, 0.1) is 0 Å². The zero-order valence-corrected chi connectivity index (χ0v) is 16.7. The molecule has 0 amide bonds. The molecule has 1 aliphatic rings. The van der Waals surface area contributed by atoms with Gasteiger partial charge in [-0.2, -0.15) is 12.1 Å². The van der Waals surface area contributed by atoms with Crippen LogP contribution in [0.3, 0.4) is 0 Å². The minimum absolute atomic E-state index is 0. The van der Waals surface area contributed by atoms with E-state index < -0.39 is 5.60 Å². The number of hydrogen-bond donors (Lipinski definition) is 1. The van der Waals surface area contributed by atoms with E-state index in [2.05, 4.69) is 0 Å². The Labute approximate surface area is 177 Å². The molecule has 3 aromatic rings. The van der Waals surface area contributed by atoms with Crippen LogP contribution in [0.4, 0.5) is 0 Å². The summed E-state index contributed by atoms with van der Waals surface area (Å²) >= 11 is 0. The van der Waals surface area contributed by atoms with Gasteiger partial charge in [0.05, 0.1) is 5.60 Å². The Kier molecular flexibility index (Phi) is 7.71. The van der Waals surface area contributed by atoms with E-state index in [1.54, 1.807) is 0 Å². The average molecular weight is 410 g/mol. The van der Waals surface area contributed by atoms with Crippen molar-refractivity contribution in [1.82, 2.24) is 0 Å².